The quantitative estimate of drug-likeness (QED) is 0.300. The first-order chi connectivity index (χ1) is 13.9. The average molecular weight is 406 g/mol. The van der Waals surface area contributed by atoms with Gasteiger partial charge in [0.15, 0.2) is 11.7 Å². The van der Waals surface area contributed by atoms with Gasteiger partial charge in [-0.1, -0.05) is 6.42 Å². The first kappa shape index (κ1) is 22.8. The summed E-state index contributed by atoms with van der Waals surface area (Å²) < 4.78 is 5.18. The van der Waals surface area contributed by atoms with Crippen LogP contribution in [0.4, 0.5) is 0 Å². The van der Waals surface area contributed by atoms with Gasteiger partial charge in [0.2, 0.25) is 5.91 Å². The van der Waals surface area contributed by atoms with Crippen molar-refractivity contribution in [3.8, 4) is 0 Å². The van der Waals surface area contributed by atoms with Gasteiger partial charge in [-0.25, -0.2) is 0 Å². The van der Waals surface area contributed by atoms with E-state index in [1.807, 2.05) is 20.8 Å². The summed E-state index contributed by atoms with van der Waals surface area (Å²) in [5.74, 6) is 1.11. The number of rotatable bonds is 8. The highest BCUT2D eigenvalue weighted by Gasteiger charge is 2.27. The van der Waals surface area contributed by atoms with Gasteiger partial charge in [-0.05, 0) is 52.5 Å². The Bertz CT molecular complexity index is 698. The number of hydrogen-bond acceptors (Lipinski definition) is 4. The van der Waals surface area contributed by atoms with Gasteiger partial charge >= 0.3 is 0 Å². The van der Waals surface area contributed by atoms with E-state index in [1.165, 1.54) is 6.26 Å². The van der Waals surface area contributed by atoms with Crippen molar-refractivity contribution in [2.75, 3.05) is 20.1 Å². The third kappa shape index (κ3) is 7.44. The second kappa shape index (κ2) is 11.5. The SMILES string of the molecule is CN=C(NCCCNC(=O)c1occc1C)NC1CCCC(C(=O)NC(C)C)C1. The van der Waals surface area contributed by atoms with Crippen LogP contribution in [0.15, 0.2) is 21.7 Å². The molecule has 2 unspecified atom stereocenters. The Morgan fingerprint density at radius 3 is 2.66 bits per heavy atom. The molecule has 0 aromatic carbocycles. The van der Waals surface area contributed by atoms with Crippen LogP contribution < -0.4 is 21.3 Å². The fourth-order valence-electron chi connectivity index (χ4n) is 3.53. The van der Waals surface area contributed by atoms with E-state index < -0.39 is 0 Å². The summed E-state index contributed by atoms with van der Waals surface area (Å²) in [5, 5.41) is 12.6. The Morgan fingerprint density at radius 2 is 2.00 bits per heavy atom. The molecular formula is C21H35N5O3. The lowest BCUT2D eigenvalue weighted by Gasteiger charge is -2.30. The number of aliphatic imine (C=N–C) groups is 1. The normalized spacial score (nSPS) is 19.7. The van der Waals surface area contributed by atoms with Gasteiger partial charge in [-0.3, -0.25) is 14.6 Å². The zero-order valence-electron chi connectivity index (χ0n) is 18.0. The van der Waals surface area contributed by atoms with Crippen LogP contribution in [0.2, 0.25) is 0 Å². The molecule has 1 fully saturated rings. The lowest BCUT2D eigenvalue weighted by atomic mass is 9.85. The molecule has 0 spiro atoms. The van der Waals surface area contributed by atoms with Gasteiger partial charge in [0.05, 0.1) is 6.26 Å². The molecule has 8 heteroatoms. The summed E-state index contributed by atoms with van der Waals surface area (Å²) in [6, 6.07) is 2.18. The molecule has 1 aliphatic rings. The summed E-state index contributed by atoms with van der Waals surface area (Å²) in [6.07, 6.45) is 6.10. The number of carbonyl (C=O) groups excluding carboxylic acids is 2. The van der Waals surface area contributed by atoms with Crippen molar-refractivity contribution in [3.63, 3.8) is 0 Å². The number of aryl methyl sites for hydroxylation is 1. The molecular weight excluding hydrogens is 370 g/mol. The molecule has 8 nitrogen and oxygen atoms in total. The highest BCUT2D eigenvalue weighted by molar-refractivity contribution is 5.92. The molecule has 1 heterocycles. The van der Waals surface area contributed by atoms with Gasteiger partial charge in [0.1, 0.15) is 0 Å². The Balaban J connectivity index is 1.67. The van der Waals surface area contributed by atoms with Gasteiger partial charge in [0, 0.05) is 43.7 Å². The van der Waals surface area contributed by atoms with Crippen molar-refractivity contribution in [2.45, 2.75) is 65.0 Å². The van der Waals surface area contributed by atoms with E-state index in [-0.39, 0.29) is 29.8 Å². The second-order valence-electron chi connectivity index (χ2n) is 7.91. The van der Waals surface area contributed by atoms with Gasteiger partial charge in [-0.2, -0.15) is 0 Å². The standard InChI is InChI=1S/C21H35N5O3/c1-14(2)25-19(27)16-7-5-8-17(13-16)26-21(22-4)24-11-6-10-23-20(28)18-15(3)9-12-29-18/h9,12,14,16-17H,5-8,10-11,13H2,1-4H3,(H,23,28)(H,25,27)(H2,22,24,26). The zero-order chi connectivity index (χ0) is 21.2. The van der Waals surface area contributed by atoms with Crippen molar-refractivity contribution in [1.82, 2.24) is 21.3 Å². The van der Waals surface area contributed by atoms with Crippen molar-refractivity contribution < 1.29 is 14.0 Å². The number of nitrogens with zero attached hydrogens (tertiary/aromatic N) is 1. The smallest absolute Gasteiger partial charge is 0.287 e. The minimum absolute atomic E-state index is 0.0574. The van der Waals surface area contributed by atoms with Crippen LogP contribution in [0, 0.1) is 12.8 Å². The van der Waals surface area contributed by atoms with Crippen molar-refractivity contribution in [2.24, 2.45) is 10.9 Å². The third-order valence-electron chi connectivity index (χ3n) is 5.04. The molecule has 4 N–H and O–H groups in total. The number of furan rings is 1. The fourth-order valence-corrected chi connectivity index (χ4v) is 3.53. The van der Waals surface area contributed by atoms with Crippen LogP contribution in [-0.2, 0) is 4.79 Å². The summed E-state index contributed by atoms with van der Waals surface area (Å²) >= 11 is 0. The van der Waals surface area contributed by atoms with E-state index in [0.29, 0.717) is 18.8 Å². The molecule has 0 radical (unpaired) electrons. The lowest BCUT2D eigenvalue weighted by molar-refractivity contribution is -0.126. The molecule has 0 saturated heterocycles. The molecule has 1 aliphatic carbocycles. The first-order valence-electron chi connectivity index (χ1n) is 10.5. The molecule has 29 heavy (non-hydrogen) atoms. The largest absolute Gasteiger partial charge is 0.459 e. The molecule has 2 rings (SSSR count). The maximum Gasteiger partial charge on any atom is 0.287 e. The monoisotopic (exact) mass is 405 g/mol. The van der Waals surface area contributed by atoms with E-state index in [0.717, 1.165) is 43.6 Å². The van der Waals surface area contributed by atoms with Crippen molar-refractivity contribution in [1.29, 1.82) is 0 Å². The number of hydrogen-bond donors (Lipinski definition) is 4. The lowest BCUT2D eigenvalue weighted by Crippen LogP contribution is -2.48. The summed E-state index contributed by atoms with van der Waals surface area (Å²) in [7, 11) is 1.74. The summed E-state index contributed by atoms with van der Waals surface area (Å²) in [5.41, 5.74) is 0.832. The van der Waals surface area contributed by atoms with E-state index in [4.69, 9.17) is 4.42 Å². The summed E-state index contributed by atoms with van der Waals surface area (Å²) in [6.45, 7) is 7.05. The molecule has 1 saturated carbocycles. The predicted octanol–water partition coefficient (Wildman–Crippen LogP) is 1.96. The Morgan fingerprint density at radius 1 is 1.24 bits per heavy atom. The average Bonchev–Trinajstić information content (AvgIpc) is 3.12. The van der Waals surface area contributed by atoms with Gasteiger partial charge in [-0.15, -0.1) is 0 Å². The fraction of sp³-hybridized carbons (Fsp3) is 0.667. The van der Waals surface area contributed by atoms with E-state index >= 15 is 0 Å². The second-order valence-corrected chi connectivity index (χ2v) is 7.91. The van der Waals surface area contributed by atoms with Crippen LogP contribution >= 0.6 is 0 Å². The maximum absolute atomic E-state index is 12.3. The maximum atomic E-state index is 12.3. The molecule has 1 aromatic rings. The predicted molar refractivity (Wildman–Crippen MR) is 114 cm³/mol. The minimum Gasteiger partial charge on any atom is -0.459 e. The van der Waals surface area contributed by atoms with Crippen LogP contribution in [0.3, 0.4) is 0 Å². The van der Waals surface area contributed by atoms with Crippen LogP contribution in [0.5, 0.6) is 0 Å². The molecule has 2 amide bonds. The Kier molecular flexibility index (Phi) is 9.02. The highest BCUT2D eigenvalue weighted by Crippen LogP contribution is 2.24. The molecule has 1 aromatic heterocycles. The number of amides is 2. The van der Waals surface area contributed by atoms with Crippen LogP contribution in [-0.4, -0.2) is 50.0 Å². The molecule has 0 aliphatic heterocycles. The van der Waals surface area contributed by atoms with Crippen molar-refractivity contribution >= 4 is 17.8 Å². The van der Waals surface area contributed by atoms with Crippen LogP contribution in [0.25, 0.3) is 0 Å². The zero-order valence-corrected chi connectivity index (χ0v) is 18.0. The topological polar surface area (TPSA) is 108 Å². The summed E-state index contributed by atoms with van der Waals surface area (Å²) in [4.78, 5) is 28.6. The van der Waals surface area contributed by atoms with Crippen LogP contribution in [0.1, 0.15) is 62.1 Å². The van der Waals surface area contributed by atoms with Gasteiger partial charge < -0.3 is 25.7 Å². The van der Waals surface area contributed by atoms with E-state index in [1.54, 1.807) is 13.1 Å². The molecule has 0 bridgehead atoms. The Hall–Kier alpha value is -2.51. The number of carbonyl (C=O) groups is 2. The highest BCUT2D eigenvalue weighted by atomic mass is 16.3. The van der Waals surface area contributed by atoms with E-state index in [2.05, 4.69) is 26.3 Å². The number of guanidine groups is 1. The first-order valence-corrected chi connectivity index (χ1v) is 10.5. The van der Waals surface area contributed by atoms with Gasteiger partial charge in [0.25, 0.3) is 5.91 Å². The number of nitrogens with one attached hydrogen (secondary N) is 4. The minimum atomic E-state index is -0.192. The third-order valence-corrected chi connectivity index (χ3v) is 5.04. The van der Waals surface area contributed by atoms with Crippen molar-refractivity contribution in [3.05, 3.63) is 23.7 Å². The van der Waals surface area contributed by atoms with E-state index in [9.17, 15) is 9.59 Å². The molecule has 162 valence electrons. The Labute approximate surface area is 173 Å². The molecule has 2 atom stereocenters.